The molecular formula is C23H23N4O4+. The van der Waals surface area contributed by atoms with Crippen LogP contribution in [-0.2, 0) is 16.1 Å². The minimum Gasteiger partial charge on any atom is -0.507 e. The number of carbonyl (C=O) groups is 2. The topological polar surface area (TPSA) is 99.4 Å². The summed E-state index contributed by atoms with van der Waals surface area (Å²) in [5.41, 5.74) is 1.20. The van der Waals surface area contributed by atoms with E-state index in [0.29, 0.717) is 36.4 Å². The number of benzene rings is 1. The Hall–Kier alpha value is -3.94. The number of aliphatic hydroxyl groups is 1. The highest BCUT2D eigenvalue weighted by Gasteiger charge is 2.45. The summed E-state index contributed by atoms with van der Waals surface area (Å²) in [4.78, 5) is 34.4. The number of imidazole rings is 1. The lowest BCUT2D eigenvalue weighted by Crippen LogP contribution is -2.36. The van der Waals surface area contributed by atoms with Gasteiger partial charge in [-0.15, -0.1) is 0 Å². The minimum atomic E-state index is -0.709. The number of rotatable bonds is 7. The number of likely N-dealkylation sites (tertiary alicyclic amines) is 1. The molecule has 4 rings (SSSR count). The Morgan fingerprint density at radius 3 is 2.77 bits per heavy atom. The molecule has 1 atom stereocenters. The van der Waals surface area contributed by atoms with Gasteiger partial charge in [0.2, 0.25) is 6.33 Å². The summed E-state index contributed by atoms with van der Waals surface area (Å²) < 4.78 is 7.30. The fourth-order valence-electron chi connectivity index (χ4n) is 3.82. The zero-order valence-electron chi connectivity index (χ0n) is 17.1. The molecule has 1 aromatic carbocycles. The molecule has 1 aliphatic rings. The van der Waals surface area contributed by atoms with Gasteiger partial charge in [-0.3, -0.25) is 19.6 Å². The Labute approximate surface area is 179 Å². The maximum Gasteiger partial charge on any atom is 0.295 e. The molecule has 0 radical (unpaired) electrons. The molecule has 3 heterocycles. The van der Waals surface area contributed by atoms with Crippen LogP contribution in [0.4, 0.5) is 0 Å². The molecule has 0 aliphatic carbocycles. The van der Waals surface area contributed by atoms with Crippen LogP contribution >= 0.6 is 0 Å². The molecule has 1 amide bonds. The van der Waals surface area contributed by atoms with Gasteiger partial charge in [0.05, 0.1) is 25.3 Å². The zero-order chi connectivity index (χ0) is 21.8. The molecule has 1 unspecified atom stereocenters. The van der Waals surface area contributed by atoms with E-state index < -0.39 is 17.7 Å². The number of ketones is 1. The van der Waals surface area contributed by atoms with Gasteiger partial charge in [0.25, 0.3) is 11.7 Å². The average molecular weight is 419 g/mol. The highest BCUT2D eigenvalue weighted by Crippen LogP contribution is 2.40. The monoisotopic (exact) mass is 419 g/mol. The standard InChI is InChI=1S/C23H22N4O4/c1-31-18-5-2-4-17(14-18)20-19(21(28)16-6-8-24-9-7-16)22(29)23(30)27(20)12-3-11-26-13-10-25-15-26/h2,4-10,13-15,20H,3,11-12H2,1H3,(H,28,29)/p+1. The quantitative estimate of drug-likeness (QED) is 0.265. The summed E-state index contributed by atoms with van der Waals surface area (Å²) in [6.45, 7) is 1.04. The number of aromatic amines is 1. The Kier molecular flexibility index (Phi) is 5.79. The number of amides is 1. The van der Waals surface area contributed by atoms with Crippen LogP contribution in [0.5, 0.6) is 5.75 Å². The van der Waals surface area contributed by atoms with Crippen LogP contribution in [0.1, 0.15) is 23.6 Å². The lowest BCUT2D eigenvalue weighted by molar-refractivity contribution is -0.695. The van der Waals surface area contributed by atoms with Gasteiger partial charge in [-0.1, -0.05) is 12.1 Å². The number of ether oxygens (including phenoxy) is 1. The van der Waals surface area contributed by atoms with Crippen LogP contribution in [0.3, 0.4) is 0 Å². The van der Waals surface area contributed by atoms with Crippen LogP contribution in [-0.4, -0.2) is 45.3 Å². The third-order valence-electron chi connectivity index (χ3n) is 5.32. The molecule has 3 aromatic rings. The number of methoxy groups -OCH3 is 1. The molecule has 0 bridgehead atoms. The van der Waals surface area contributed by atoms with E-state index in [0.717, 1.165) is 0 Å². The SMILES string of the molecule is COc1cccc(C2C(=C(O)c3ccncc3)C(=O)C(=O)N2CCC[n+]2cc[nH]c2)c1. The number of aliphatic hydroxyl groups excluding tert-OH is 1. The van der Waals surface area contributed by atoms with Crippen molar-refractivity contribution in [2.45, 2.75) is 19.0 Å². The van der Waals surface area contributed by atoms with E-state index in [1.165, 1.54) is 17.3 Å². The van der Waals surface area contributed by atoms with Gasteiger partial charge in [-0.25, -0.2) is 4.57 Å². The number of aromatic nitrogens is 3. The molecule has 1 fully saturated rings. The number of nitrogens with zero attached hydrogens (tertiary/aromatic N) is 3. The Balaban J connectivity index is 1.74. The molecule has 2 N–H and O–H groups in total. The summed E-state index contributed by atoms with van der Waals surface area (Å²) in [5.74, 6) is -0.926. The van der Waals surface area contributed by atoms with Crippen LogP contribution in [0.2, 0.25) is 0 Å². The first-order valence-electron chi connectivity index (χ1n) is 9.94. The number of nitrogens with one attached hydrogen (secondary N) is 1. The van der Waals surface area contributed by atoms with Crippen molar-refractivity contribution in [3.63, 3.8) is 0 Å². The van der Waals surface area contributed by atoms with Crippen molar-refractivity contribution < 1.29 is 24.0 Å². The van der Waals surface area contributed by atoms with E-state index >= 15 is 0 Å². The van der Waals surface area contributed by atoms with Crippen LogP contribution in [0, 0.1) is 0 Å². The van der Waals surface area contributed by atoms with Crippen molar-refractivity contribution in [2.75, 3.05) is 13.7 Å². The first-order valence-corrected chi connectivity index (χ1v) is 9.94. The third kappa shape index (κ3) is 4.05. The molecule has 8 heteroatoms. The summed E-state index contributed by atoms with van der Waals surface area (Å²) in [6.07, 6.45) is 9.25. The predicted molar refractivity (Wildman–Crippen MR) is 112 cm³/mol. The second-order valence-electron chi connectivity index (χ2n) is 7.21. The minimum absolute atomic E-state index is 0.0683. The van der Waals surface area contributed by atoms with Gasteiger partial charge in [0.15, 0.2) is 0 Å². The Morgan fingerprint density at radius 2 is 2.06 bits per heavy atom. The maximum atomic E-state index is 13.0. The third-order valence-corrected chi connectivity index (χ3v) is 5.32. The molecule has 0 saturated carbocycles. The van der Waals surface area contributed by atoms with Crippen molar-refractivity contribution in [2.24, 2.45) is 0 Å². The molecule has 1 aliphatic heterocycles. The lowest BCUT2D eigenvalue weighted by Gasteiger charge is -2.25. The fraction of sp³-hybridized carbons (Fsp3) is 0.217. The molecular weight excluding hydrogens is 396 g/mol. The number of hydrogen-bond donors (Lipinski definition) is 2. The number of pyridine rings is 1. The van der Waals surface area contributed by atoms with Crippen molar-refractivity contribution >= 4 is 17.4 Å². The summed E-state index contributed by atoms with van der Waals surface area (Å²) in [6, 6.07) is 9.70. The van der Waals surface area contributed by atoms with Crippen molar-refractivity contribution in [3.8, 4) is 5.75 Å². The van der Waals surface area contributed by atoms with E-state index in [2.05, 4.69) is 9.97 Å². The number of aryl methyl sites for hydroxylation is 1. The highest BCUT2D eigenvalue weighted by molar-refractivity contribution is 6.46. The van der Waals surface area contributed by atoms with Gasteiger partial charge in [-0.05, 0) is 29.8 Å². The molecule has 0 spiro atoms. The van der Waals surface area contributed by atoms with Crippen molar-refractivity contribution in [3.05, 3.63) is 84.2 Å². The molecule has 1 saturated heterocycles. The van der Waals surface area contributed by atoms with E-state index in [1.807, 2.05) is 29.4 Å². The number of carbonyl (C=O) groups excluding carboxylic acids is 2. The zero-order valence-corrected chi connectivity index (χ0v) is 17.1. The second-order valence-corrected chi connectivity index (χ2v) is 7.21. The van der Waals surface area contributed by atoms with E-state index in [1.54, 1.807) is 37.4 Å². The summed E-state index contributed by atoms with van der Waals surface area (Å²) in [7, 11) is 1.56. The molecule has 31 heavy (non-hydrogen) atoms. The van der Waals surface area contributed by atoms with Crippen molar-refractivity contribution in [1.29, 1.82) is 0 Å². The Bertz CT molecular complexity index is 1110. The number of H-pyrrole nitrogens is 1. The number of Topliss-reactive ketones (excluding diaryl/α,β-unsaturated/α-hetero) is 1. The maximum absolute atomic E-state index is 13.0. The van der Waals surface area contributed by atoms with Gasteiger partial charge >= 0.3 is 0 Å². The van der Waals surface area contributed by atoms with Gasteiger partial charge < -0.3 is 14.7 Å². The van der Waals surface area contributed by atoms with Crippen LogP contribution in [0.15, 0.2) is 73.1 Å². The first-order chi connectivity index (χ1) is 15.1. The molecule has 158 valence electrons. The largest absolute Gasteiger partial charge is 0.507 e. The normalized spacial score (nSPS) is 17.8. The predicted octanol–water partition coefficient (Wildman–Crippen LogP) is 2.22. The first kappa shape index (κ1) is 20.3. The van der Waals surface area contributed by atoms with Gasteiger partial charge in [0, 0.05) is 30.9 Å². The smallest absolute Gasteiger partial charge is 0.295 e. The average Bonchev–Trinajstić information content (AvgIpc) is 3.41. The van der Waals surface area contributed by atoms with Gasteiger partial charge in [-0.2, -0.15) is 0 Å². The Morgan fingerprint density at radius 1 is 1.26 bits per heavy atom. The lowest BCUT2D eigenvalue weighted by atomic mass is 9.95. The molecule has 2 aromatic heterocycles. The van der Waals surface area contributed by atoms with E-state index in [4.69, 9.17) is 4.74 Å². The van der Waals surface area contributed by atoms with Crippen LogP contribution < -0.4 is 9.30 Å². The fourth-order valence-corrected chi connectivity index (χ4v) is 3.82. The summed E-state index contributed by atoms with van der Waals surface area (Å²) >= 11 is 0. The van der Waals surface area contributed by atoms with E-state index in [-0.39, 0.29) is 11.3 Å². The van der Waals surface area contributed by atoms with Gasteiger partial charge in [0.1, 0.15) is 23.9 Å². The van der Waals surface area contributed by atoms with Crippen molar-refractivity contribution in [1.82, 2.24) is 14.9 Å². The molecule has 8 nitrogen and oxygen atoms in total. The number of hydrogen-bond acceptors (Lipinski definition) is 5. The second kappa shape index (κ2) is 8.83. The van der Waals surface area contributed by atoms with E-state index in [9.17, 15) is 14.7 Å². The highest BCUT2D eigenvalue weighted by atomic mass is 16.5. The summed E-state index contributed by atoms with van der Waals surface area (Å²) in [5, 5.41) is 11.0. The van der Waals surface area contributed by atoms with Crippen LogP contribution in [0.25, 0.3) is 5.76 Å².